The molecule has 2 aromatic heterocycles. The summed E-state index contributed by atoms with van der Waals surface area (Å²) in [4.78, 5) is 22.8. The number of aliphatic hydroxyl groups is 1. The molecule has 0 radical (unpaired) electrons. The van der Waals surface area contributed by atoms with Crippen molar-refractivity contribution in [1.82, 2.24) is 9.97 Å². The largest absolute Gasteiger partial charge is 0.391 e. The van der Waals surface area contributed by atoms with Gasteiger partial charge in [0.1, 0.15) is 22.3 Å². The van der Waals surface area contributed by atoms with Crippen LogP contribution in [0.4, 0.5) is 20.2 Å². The molecule has 3 heterocycles. The zero-order valence-electron chi connectivity index (χ0n) is 15.3. The first kappa shape index (κ1) is 19.4. The van der Waals surface area contributed by atoms with Gasteiger partial charge in [-0.15, -0.1) is 11.3 Å². The Labute approximate surface area is 169 Å². The summed E-state index contributed by atoms with van der Waals surface area (Å²) in [7, 11) is 0. The molecule has 0 spiro atoms. The number of hydrogen-bond acceptors (Lipinski definition) is 6. The number of amides is 1. The summed E-state index contributed by atoms with van der Waals surface area (Å²) in [5.41, 5.74) is 1.04. The smallest absolute Gasteiger partial charge is 0.275 e. The van der Waals surface area contributed by atoms with Crippen molar-refractivity contribution in [2.75, 3.05) is 23.3 Å². The van der Waals surface area contributed by atoms with Gasteiger partial charge in [-0.1, -0.05) is 6.07 Å². The Bertz CT molecular complexity index is 1020. The zero-order valence-corrected chi connectivity index (χ0v) is 16.1. The van der Waals surface area contributed by atoms with Crippen LogP contribution in [0, 0.1) is 11.6 Å². The van der Waals surface area contributed by atoms with Crippen molar-refractivity contribution in [2.24, 2.45) is 0 Å². The van der Waals surface area contributed by atoms with Crippen molar-refractivity contribution in [2.45, 2.75) is 18.9 Å². The van der Waals surface area contributed by atoms with Crippen LogP contribution in [0.2, 0.25) is 0 Å². The van der Waals surface area contributed by atoms with Crippen LogP contribution < -0.4 is 10.2 Å². The Morgan fingerprint density at radius 2 is 2.07 bits per heavy atom. The number of aromatic nitrogens is 2. The molecule has 0 aliphatic carbocycles. The van der Waals surface area contributed by atoms with Gasteiger partial charge in [-0.25, -0.2) is 13.8 Å². The van der Waals surface area contributed by atoms with E-state index < -0.39 is 23.6 Å². The fourth-order valence-electron chi connectivity index (χ4n) is 3.31. The number of carbonyl (C=O) groups is 1. The Kier molecular flexibility index (Phi) is 5.50. The molecule has 9 heteroatoms. The van der Waals surface area contributed by atoms with Crippen LogP contribution in [0.3, 0.4) is 0 Å². The number of halogens is 2. The molecule has 1 aliphatic rings. The van der Waals surface area contributed by atoms with Crippen molar-refractivity contribution >= 4 is 28.6 Å². The van der Waals surface area contributed by atoms with Crippen molar-refractivity contribution in [3.63, 3.8) is 0 Å². The molecule has 1 saturated heterocycles. The van der Waals surface area contributed by atoms with Gasteiger partial charge < -0.3 is 15.3 Å². The Hall–Kier alpha value is -2.91. The lowest BCUT2D eigenvalue weighted by atomic mass is 10.1. The number of carbonyl (C=O) groups excluding carboxylic acids is 1. The molecular weight excluding hydrogens is 398 g/mol. The first-order chi connectivity index (χ1) is 14.0. The van der Waals surface area contributed by atoms with Crippen LogP contribution in [0.25, 0.3) is 10.6 Å². The Morgan fingerprint density at radius 3 is 2.83 bits per heavy atom. The average molecular weight is 416 g/mol. The summed E-state index contributed by atoms with van der Waals surface area (Å²) < 4.78 is 28.0. The zero-order chi connectivity index (χ0) is 20.4. The maximum Gasteiger partial charge on any atom is 0.275 e. The number of nitrogens with one attached hydrogen (secondary N) is 1. The summed E-state index contributed by atoms with van der Waals surface area (Å²) in [6, 6.07) is 5.34. The van der Waals surface area contributed by atoms with E-state index in [2.05, 4.69) is 15.3 Å². The van der Waals surface area contributed by atoms with Crippen molar-refractivity contribution in [1.29, 1.82) is 0 Å². The predicted molar refractivity (Wildman–Crippen MR) is 107 cm³/mol. The number of hydrogen-bond donors (Lipinski definition) is 2. The van der Waals surface area contributed by atoms with Gasteiger partial charge in [-0.2, -0.15) is 0 Å². The highest BCUT2D eigenvalue weighted by Gasteiger charge is 2.22. The van der Waals surface area contributed by atoms with E-state index in [4.69, 9.17) is 0 Å². The number of aliphatic hydroxyl groups excluding tert-OH is 1. The summed E-state index contributed by atoms with van der Waals surface area (Å²) in [5.74, 6) is -1.97. The van der Waals surface area contributed by atoms with Gasteiger partial charge in [0.05, 0.1) is 29.2 Å². The van der Waals surface area contributed by atoms with Crippen LogP contribution in [0.15, 0.2) is 42.0 Å². The lowest BCUT2D eigenvalue weighted by Gasteiger charge is -2.33. The molecule has 1 fully saturated rings. The van der Waals surface area contributed by atoms with Crippen LogP contribution in [-0.2, 0) is 0 Å². The second-order valence-corrected chi connectivity index (χ2v) is 7.58. The van der Waals surface area contributed by atoms with Crippen LogP contribution in [0.1, 0.15) is 23.3 Å². The molecule has 29 heavy (non-hydrogen) atoms. The molecule has 1 aromatic carbocycles. The molecular formula is C20H18F2N4O2S. The minimum absolute atomic E-state index is 0.0566. The van der Waals surface area contributed by atoms with Gasteiger partial charge in [0.2, 0.25) is 0 Å². The second-order valence-electron chi connectivity index (χ2n) is 6.72. The van der Waals surface area contributed by atoms with Crippen molar-refractivity contribution < 1.29 is 18.7 Å². The summed E-state index contributed by atoms with van der Waals surface area (Å²) in [6.07, 6.45) is 4.32. The monoisotopic (exact) mass is 416 g/mol. The Morgan fingerprint density at radius 1 is 1.28 bits per heavy atom. The third-order valence-electron chi connectivity index (χ3n) is 4.70. The lowest BCUT2D eigenvalue weighted by molar-refractivity contribution is 0.102. The summed E-state index contributed by atoms with van der Waals surface area (Å²) in [5, 5.41) is 14.2. The fraction of sp³-hybridized carbons (Fsp3) is 0.250. The fourth-order valence-corrected chi connectivity index (χ4v) is 4.16. The summed E-state index contributed by atoms with van der Waals surface area (Å²) in [6.45, 7) is 1.23. The van der Waals surface area contributed by atoms with Crippen LogP contribution in [0.5, 0.6) is 0 Å². The SMILES string of the molecule is O=C(Nc1cnccc1N1CCC[C@H](O)C1)c1csc(-c2c(F)cccc2F)n1. The molecule has 0 saturated carbocycles. The third-order valence-corrected chi connectivity index (χ3v) is 5.56. The topological polar surface area (TPSA) is 78.4 Å². The molecule has 1 atom stereocenters. The predicted octanol–water partition coefficient (Wildman–Crippen LogP) is 3.70. The molecule has 1 amide bonds. The number of pyridine rings is 1. The minimum Gasteiger partial charge on any atom is -0.391 e. The number of nitrogens with zero attached hydrogens (tertiary/aromatic N) is 3. The van der Waals surface area contributed by atoms with E-state index in [-0.39, 0.29) is 16.3 Å². The maximum absolute atomic E-state index is 14.0. The Balaban J connectivity index is 1.56. The quantitative estimate of drug-likeness (QED) is 0.678. The van der Waals surface area contributed by atoms with E-state index in [0.29, 0.717) is 12.2 Å². The molecule has 1 aliphatic heterocycles. The van der Waals surface area contributed by atoms with E-state index in [1.54, 1.807) is 12.3 Å². The highest BCUT2D eigenvalue weighted by Crippen LogP contribution is 2.31. The van der Waals surface area contributed by atoms with E-state index in [0.717, 1.165) is 48.5 Å². The minimum atomic E-state index is -0.732. The van der Waals surface area contributed by atoms with E-state index in [9.17, 15) is 18.7 Å². The highest BCUT2D eigenvalue weighted by atomic mass is 32.1. The normalized spacial score (nSPS) is 16.7. The van der Waals surface area contributed by atoms with Crippen molar-refractivity contribution in [3.8, 4) is 10.6 Å². The summed E-state index contributed by atoms with van der Waals surface area (Å²) >= 11 is 0.991. The number of anilines is 2. The average Bonchev–Trinajstić information content (AvgIpc) is 3.18. The van der Waals surface area contributed by atoms with Gasteiger partial charge >= 0.3 is 0 Å². The highest BCUT2D eigenvalue weighted by molar-refractivity contribution is 7.13. The molecule has 6 nitrogen and oxygen atoms in total. The molecule has 2 N–H and O–H groups in total. The maximum atomic E-state index is 14.0. The number of β-amino-alcohol motifs (C(OH)–C–C–N with tert-alkyl or cyclic N) is 1. The van der Waals surface area contributed by atoms with Gasteiger partial charge in [0, 0.05) is 24.7 Å². The number of thiazole rings is 1. The first-order valence-corrected chi connectivity index (χ1v) is 9.99. The standard InChI is InChI=1S/C20H18F2N4O2S/c21-13-4-1-5-14(22)18(13)20-25-16(11-29-20)19(28)24-15-9-23-7-6-17(15)26-8-2-3-12(27)10-26/h1,4-7,9,11-12,27H,2-3,8,10H2,(H,24,28)/t12-/m0/s1. The van der Waals surface area contributed by atoms with Crippen LogP contribution in [-0.4, -0.2) is 40.2 Å². The number of piperidine rings is 1. The van der Waals surface area contributed by atoms with E-state index in [1.165, 1.54) is 17.6 Å². The third kappa shape index (κ3) is 4.10. The molecule has 0 unspecified atom stereocenters. The van der Waals surface area contributed by atoms with Gasteiger partial charge in [0.15, 0.2) is 0 Å². The number of rotatable bonds is 4. The first-order valence-electron chi connectivity index (χ1n) is 9.11. The van der Waals surface area contributed by atoms with Gasteiger partial charge in [-0.05, 0) is 31.0 Å². The van der Waals surface area contributed by atoms with Gasteiger partial charge in [-0.3, -0.25) is 9.78 Å². The van der Waals surface area contributed by atoms with E-state index in [1.807, 2.05) is 4.90 Å². The lowest BCUT2D eigenvalue weighted by Crippen LogP contribution is -2.38. The van der Waals surface area contributed by atoms with Crippen molar-refractivity contribution in [3.05, 3.63) is 59.4 Å². The molecule has 150 valence electrons. The molecule has 4 rings (SSSR count). The second kappa shape index (κ2) is 8.22. The molecule has 3 aromatic rings. The molecule has 0 bridgehead atoms. The number of benzene rings is 1. The van der Waals surface area contributed by atoms with E-state index >= 15 is 0 Å². The van der Waals surface area contributed by atoms with Gasteiger partial charge in [0.25, 0.3) is 5.91 Å². The van der Waals surface area contributed by atoms with Crippen LogP contribution >= 0.6 is 11.3 Å².